The lowest BCUT2D eigenvalue weighted by atomic mass is 10.1. The van der Waals surface area contributed by atoms with Gasteiger partial charge in [-0.25, -0.2) is 9.78 Å². The summed E-state index contributed by atoms with van der Waals surface area (Å²) in [5.74, 6) is -0.350. The van der Waals surface area contributed by atoms with Gasteiger partial charge in [0.2, 0.25) is 5.91 Å². The second-order valence-corrected chi connectivity index (χ2v) is 8.50. The molecule has 8 nitrogen and oxygen atoms in total. The fourth-order valence-electron chi connectivity index (χ4n) is 4.82. The summed E-state index contributed by atoms with van der Waals surface area (Å²) in [6, 6.07) is 15.6. The largest absolute Gasteiger partial charge is 0.465 e. The Hall–Kier alpha value is -4.46. The first-order valence-electron chi connectivity index (χ1n) is 11.2. The van der Waals surface area contributed by atoms with Crippen LogP contribution in [0.2, 0.25) is 0 Å². The second kappa shape index (κ2) is 8.39. The van der Waals surface area contributed by atoms with E-state index >= 15 is 0 Å². The van der Waals surface area contributed by atoms with Crippen molar-refractivity contribution < 1.29 is 19.1 Å². The fraction of sp³-hybridized carbons (Fsp3) is 0.185. The number of nitrogens with one attached hydrogen (secondary N) is 2. The minimum absolute atomic E-state index is 0.133. The first kappa shape index (κ1) is 22.3. The van der Waals surface area contributed by atoms with Gasteiger partial charge in [0.15, 0.2) is 5.78 Å². The molecule has 0 saturated carbocycles. The molecule has 0 unspecified atom stereocenters. The Morgan fingerprint density at radius 2 is 1.71 bits per heavy atom. The maximum atomic E-state index is 13.3. The monoisotopic (exact) mass is 468 g/mol. The highest BCUT2D eigenvalue weighted by Gasteiger charge is 2.25. The van der Waals surface area contributed by atoms with Gasteiger partial charge >= 0.3 is 5.97 Å². The first-order valence-corrected chi connectivity index (χ1v) is 11.2. The SMILES string of the molecule is COC(=O)c1c(CC(=O)Nc2c3ccccc3n3c(C)nc4ccccc4c23)[nH]c(C(C)=O)c1C. The zero-order chi connectivity index (χ0) is 24.9. The molecule has 0 atom stereocenters. The van der Waals surface area contributed by atoms with Crippen LogP contribution in [0.3, 0.4) is 0 Å². The molecule has 0 saturated heterocycles. The quantitative estimate of drug-likeness (QED) is 0.286. The predicted molar refractivity (Wildman–Crippen MR) is 134 cm³/mol. The molecule has 0 aliphatic carbocycles. The van der Waals surface area contributed by atoms with Crippen LogP contribution >= 0.6 is 0 Å². The summed E-state index contributed by atoms with van der Waals surface area (Å²) >= 11 is 0. The zero-order valence-electron chi connectivity index (χ0n) is 19.9. The van der Waals surface area contributed by atoms with Crippen molar-refractivity contribution in [3.63, 3.8) is 0 Å². The maximum absolute atomic E-state index is 13.3. The highest BCUT2D eigenvalue weighted by atomic mass is 16.5. The second-order valence-electron chi connectivity index (χ2n) is 8.50. The van der Waals surface area contributed by atoms with Crippen LogP contribution in [0, 0.1) is 13.8 Å². The Labute approximate surface area is 200 Å². The lowest BCUT2D eigenvalue weighted by Gasteiger charge is -2.09. The van der Waals surface area contributed by atoms with Gasteiger partial charge in [0, 0.05) is 23.4 Å². The number of H-pyrrole nitrogens is 1. The minimum Gasteiger partial charge on any atom is -0.465 e. The number of ketones is 1. The number of rotatable bonds is 5. The number of Topliss-reactive ketones (excluding diaryl/α,β-unsaturated/α-hetero) is 1. The lowest BCUT2D eigenvalue weighted by molar-refractivity contribution is -0.115. The van der Waals surface area contributed by atoms with Gasteiger partial charge in [-0.1, -0.05) is 36.4 Å². The number of aryl methyl sites for hydroxylation is 1. The van der Waals surface area contributed by atoms with E-state index in [1.165, 1.54) is 14.0 Å². The number of esters is 1. The van der Waals surface area contributed by atoms with Crippen LogP contribution in [0.5, 0.6) is 0 Å². The van der Waals surface area contributed by atoms with Gasteiger partial charge in [0.05, 0.1) is 47.0 Å². The number of para-hydroxylation sites is 2. The summed E-state index contributed by atoms with van der Waals surface area (Å²) in [6.07, 6.45) is -0.133. The van der Waals surface area contributed by atoms with E-state index in [9.17, 15) is 14.4 Å². The molecule has 2 N–H and O–H groups in total. The summed E-state index contributed by atoms with van der Waals surface area (Å²) in [4.78, 5) is 45.5. The molecule has 0 bridgehead atoms. The number of anilines is 1. The third-order valence-corrected chi connectivity index (χ3v) is 6.31. The summed E-state index contributed by atoms with van der Waals surface area (Å²) in [7, 11) is 1.27. The standard InChI is InChI=1S/C27H24N4O4/c1-14-23(27(34)35-4)20(29-24(14)15(2)32)13-22(33)30-25-18-10-6-8-12-21(18)31-16(3)28-19-11-7-5-9-17(19)26(25)31/h5-12,29H,13H2,1-4H3,(H,30,33). The number of hydrogen-bond acceptors (Lipinski definition) is 5. The van der Waals surface area contributed by atoms with Crippen LogP contribution in [-0.4, -0.2) is 39.1 Å². The molecule has 0 aliphatic heterocycles. The van der Waals surface area contributed by atoms with Crippen molar-refractivity contribution >= 4 is 50.7 Å². The number of amides is 1. The molecular formula is C27H24N4O4. The molecule has 0 radical (unpaired) electrons. The van der Waals surface area contributed by atoms with E-state index < -0.39 is 5.97 Å². The maximum Gasteiger partial charge on any atom is 0.339 e. The molecule has 8 heteroatoms. The van der Waals surface area contributed by atoms with Gasteiger partial charge in [-0.2, -0.15) is 0 Å². The van der Waals surface area contributed by atoms with Crippen molar-refractivity contribution in [2.45, 2.75) is 27.2 Å². The summed E-state index contributed by atoms with van der Waals surface area (Å²) in [5.41, 5.74) is 4.59. The number of aromatic nitrogens is 3. The number of ether oxygens (including phenoxy) is 1. The molecule has 3 heterocycles. The number of carbonyl (C=O) groups is 3. The van der Waals surface area contributed by atoms with E-state index in [1.54, 1.807) is 6.92 Å². The van der Waals surface area contributed by atoms with Crippen LogP contribution in [0.15, 0.2) is 48.5 Å². The molecular weight excluding hydrogens is 444 g/mol. The number of benzene rings is 2. The van der Waals surface area contributed by atoms with Gasteiger partial charge in [-0.3, -0.25) is 14.0 Å². The van der Waals surface area contributed by atoms with E-state index in [4.69, 9.17) is 9.72 Å². The molecule has 5 aromatic rings. The average molecular weight is 469 g/mol. The van der Waals surface area contributed by atoms with Gasteiger partial charge in [-0.15, -0.1) is 0 Å². The first-order chi connectivity index (χ1) is 16.8. The Bertz CT molecular complexity index is 1680. The Morgan fingerprint density at radius 1 is 1.03 bits per heavy atom. The van der Waals surface area contributed by atoms with Crippen LogP contribution in [0.4, 0.5) is 5.69 Å². The summed E-state index contributed by atoms with van der Waals surface area (Å²) in [6.45, 7) is 5.01. The van der Waals surface area contributed by atoms with E-state index in [1.807, 2.05) is 59.9 Å². The number of fused-ring (bicyclic) bond motifs is 5. The molecule has 5 rings (SSSR count). The molecule has 35 heavy (non-hydrogen) atoms. The number of hydrogen-bond donors (Lipinski definition) is 2. The van der Waals surface area contributed by atoms with Crippen molar-refractivity contribution in [1.29, 1.82) is 0 Å². The summed E-state index contributed by atoms with van der Waals surface area (Å²) < 4.78 is 6.94. The van der Waals surface area contributed by atoms with Crippen LogP contribution < -0.4 is 5.32 Å². The van der Waals surface area contributed by atoms with Crippen LogP contribution in [0.1, 0.15) is 44.9 Å². The van der Waals surface area contributed by atoms with Gasteiger partial charge in [-0.05, 0) is 31.5 Å². The van der Waals surface area contributed by atoms with E-state index in [2.05, 4.69) is 10.3 Å². The third-order valence-electron chi connectivity index (χ3n) is 6.31. The molecule has 3 aromatic heterocycles. The molecule has 0 fully saturated rings. The van der Waals surface area contributed by atoms with E-state index in [0.717, 1.165) is 33.1 Å². The van der Waals surface area contributed by atoms with E-state index in [0.29, 0.717) is 22.6 Å². The van der Waals surface area contributed by atoms with Crippen molar-refractivity contribution in [3.8, 4) is 0 Å². The van der Waals surface area contributed by atoms with Crippen molar-refractivity contribution in [3.05, 3.63) is 76.9 Å². The third kappa shape index (κ3) is 3.54. The number of carbonyl (C=O) groups excluding carboxylic acids is 3. The molecule has 0 spiro atoms. The molecule has 1 amide bonds. The average Bonchev–Trinajstić information content (AvgIpc) is 3.34. The van der Waals surface area contributed by atoms with Gasteiger partial charge in [0.1, 0.15) is 5.82 Å². The Morgan fingerprint density at radius 3 is 2.43 bits per heavy atom. The van der Waals surface area contributed by atoms with E-state index in [-0.39, 0.29) is 23.7 Å². The highest BCUT2D eigenvalue weighted by molar-refractivity contribution is 6.16. The highest BCUT2D eigenvalue weighted by Crippen LogP contribution is 2.36. The van der Waals surface area contributed by atoms with Gasteiger partial charge < -0.3 is 15.0 Å². The van der Waals surface area contributed by atoms with Crippen molar-refractivity contribution in [1.82, 2.24) is 14.4 Å². The number of methoxy groups -OCH3 is 1. The Kier molecular flexibility index (Phi) is 5.36. The number of aromatic amines is 1. The molecule has 0 aliphatic rings. The summed E-state index contributed by atoms with van der Waals surface area (Å²) in [5, 5.41) is 4.86. The number of nitrogens with zero attached hydrogens (tertiary/aromatic N) is 2. The van der Waals surface area contributed by atoms with Gasteiger partial charge in [0.25, 0.3) is 0 Å². The van der Waals surface area contributed by atoms with Crippen molar-refractivity contribution in [2.75, 3.05) is 12.4 Å². The predicted octanol–water partition coefficient (Wildman–Crippen LogP) is 4.76. The molecule has 2 aromatic carbocycles. The Balaban J connectivity index is 1.64. The van der Waals surface area contributed by atoms with Crippen molar-refractivity contribution in [2.24, 2.45) is 0 Å². The zero-order valence-corrected chi connectivity index (χ0v) is 19.9. The normalized spacial score (nSPS) is 11.3. The fourth-order valence-corrected chi connectivity index (χ4v) is 4.82. The smallest absolute Gasteiger partial charge is 0.339 e. The lowest BCUT2D eigenvalue weighted by Crippen LogP contribution is -2.17. The topological polar surface area (TPSA) is 106 Å². The minimum atomic E-state index is -0.596. The van der Waals surface area contributed by atoms with Crippen LogP contribution in [-0.2, 0) is 16.0 Å². The van der Waals surface area contributed by atoms with Crippen LogP contribution in [0.25, 0.3) is 27.3 Å². The molecule has 176 valence electrons.